The zero-order valence-corrected chi connectivity index (χ0v) is 22.4. The number of aliphatic hydroxyl groups excluding tert-OH is 1. The fraction of sp³-hybridized carbons (Fsp3) is 0.520. The lowest BCUT2D eigenvalue weighted by atomic mass is 10.1. The lowest BCUT2D eigenvalue weighted by molar-refractivity contribution is -0.166. The van der Waals surface area contributed by atoms with Gasteiger partial charge in [0.25, 0.3) is 0 Å². The Morgan fingerprint density at radius 3 is 1.74 bits per heavy atom. The summed E-state index contributed by atoms with van der Waals surface area (Å²) in [6, 6.07) is 5.38. The third-order valence-corrected chi connectivity index (χ3v) is 5.07. The molecule has 0 amide bonds. The summed E-state index contributed by atoms with van der Waals surface area (Å²) in [5.74, 6) is -2.23. The first-order valence-electron chi connectivity index (χ1n) is 12.4. The van der Waals surface area contributed by atoms with Gasteiger partial charge in [0, 0.05) is 50.2 Å². The number of nitrogens with one attached hydrogen (secondary N) is 1. The Morgan fingerprint density at radius 2 is 1.56 bits per heavy atom. The van der Waals surface area contributed by atoms with Crippen LogP contribution in [0.3, 0.4) is 0 Å². The summed E-state index contributed by atoms with van der Waals surface area (Å²) in [5, 5.41) is 39.6. The SMILES string of the molecule is C[C@@H](Cn1cccn1)C(=O)O.C[C@@H](Cn1cccn1)C(=O)O.C[C@H]1COC1=O.OC1CCCO1.c1cn[nH]c1. The second-order valence-corrected chi connectivity index (χ2v) is 8.70. The Bertz CT molecular complexity index is 952. The molecule has 0 bridgehead atoms. The van der Waals surface area contributed by atoms with Crippen LogP contribution in [0.1, 0.15) is 33.6 Å². The van der Waals surface area contributed by atoms with E-state index in [1.165, 1.54) is 0 Å². The van der Waals surface area contributed by atoms with E-state index in [-0.39, 0.29) is 23.7 Å². The van der Waals surface area contributed by atoms with Gasteiger partial charge >= 0.3 is 17.9 Å². The van der Waals surface area contributed by atoms with Crippen molar-refractivity contribution in [2.45, 2.75) is 53.0 Å². The number of rotatable bonds is 6. The predicted molar refractivity (Wildman–Crippen MR) is 138 cm³/mol. The van der Waals surface area contributed by atoms with Crippen molar-refractivity contribution < 1.29 is 39.2 Å². The van der Waals surface area contributed by atoms with Gasteiger partial charge in [-0.3, -0.25) is 28.8 Å². The van der Waals surface area contributed by atoms with Crippen LogP contribution in [-0.4, -0.2) is 82.5 Å². The molecule has 0 spiro atoms. The number of ether oxygens (including phenoxy) is 2. The van der Waals surface area contributed by atoms with Crippen LogP contribution in [-0.2, 0) is 36.9 Å². The van der Waals surface area contributed by atoms with Crippen LogP contribution in [0.25, 0.3) is 0 Å². The van der Waals surface area contributed by atoms with Gasteiger partial charge in [-0.1, -0.05) is 13.8 Å². The average Bonchev–Trinajstić information content (AvgIpc) is 3.73. The number of aromatic nitrogens is 6. The molecular formula is C25H38N6O8. The van der Waals surface area contributed by atoms with Gasteiger partial charge in [0.05, 0.1) is 30.8 Å². The quantitative estimate of drug-likeness (QED) is 0.327. The van der Waals surface area contributed by atoms with Crippen molar-refractivity contribution in [1.29, 1.82) is 0 Å². The maximum Gasteiger partial charge on any atom is 0.312 e. The number of H-pyrrole nitrogens is 1. The number of nitrogens with zero attached hydrogens (tertiary/aromatic N) is 5. The Kier molecular flexibility index (Phi) is 16.1. The summed E-state index contributed by atoms with van der Waals surface area (Å²) >= 11 is 0. The van der Waals surface area contributed by atoms with Crippen molar-refractivity contribution in [3.8, 4) is 0 Å². The molecule has 14 heteroatoms. The summed E-state index contributed by atoms with van der Waals surface area (Å²) < 4.78 is 12.3. The van der Waals surface area contributed by atoms with E-state index in [1.54, 1.807) is 72.5 Å². The molecule has 2 aliphatic heterocycles. The van der Waals surface area contributed by atoms with Crippen LogP contribution in [0, 0.1) is 17.8 Å². The van der Waals surface area contributed by atoms with Gasteiger partial charge in [-0.2, -0.15) is 15.3 Å². The van der Waals surface area contributed by atoms with Crippen molar-refractivity contribution in [2.75, 3.05) is 13.2 Å². The molecule has 0 saturated carbocycles. The van der Waals surface area contributed by atoms with E-state index in [1.807, 2.05) is 13.0 Å². The summed E-state index contributed by atoms with van der Waals surface area (Å²) in [6.07, 6.45) is 11.6. The molecule has 14 nitrogen and oxygen atoms in total. The standard InChI is InChI=1S/2C7H10N2O2.C4H6O2.C4H8O2.C3H4N2/c2*1-6(7(10)11)5-9-4-2-3-8-9;1-3-2-6-4(3)5;5-4-2-1-3-6-4;1-2-4-5-3-1/h2*2-4,6H,5H2,1H3,(H,10,11);3H,2H2,1H3;4-5H,1-3H2;1-3H,(H,4,5)/t2*6-;3-;;/m000../s1. The molecule has 39 heavy (non-hydrogen) atoms. The van der Waals surface area contributed by atoms with Gasteiger partial charge in [0.1, 0.15) is 6.61 Å². The minimum Gasteiger partial charge on any atom is -0.481 e. The Balaban J connectivity index is 0.000000253. The molecule has 216 valence electrons. The number of hydrogen-bond acceptors (Lipinski definition) is 9. The summed E-state index contributed by atoms with van der Waals surface area (Å²) in [5.41, 5.74) is 0. The second kappa shape index (κ2) is 19.1. The Morgan fingerprint density at radius 1 is 1.03 bits per heavy atom. The molecule has 5 rings (SSSR count). The van der Waals surface area contributed by atoms with E-state index in [2.05, 4.69) is 25.1 Å². The van der Waals surface area contributed by atoms with E-state index in [4.69, 9.17) is 20.1 Å². The number of carboxylic acid groups (broad SMARTS) is 2. The normalized spacial score (nSPS) is 18.4. The molecule has 4 atom stereocenters. The van der Waals surface area contributed by atoms with Gasteiger partial charge in [-0.25, -0.2) is 0 Å². The highest BCUT2D eigenvalue weighted by molar-refractivity contribution is 5.76. The molecule has 4 N–H and O–H groups in total. The van der Waals surface area contributed by atoms with E-state index in [9.17, 15) is 14.4 Å². The van der Waals surface area contributed by atoms with Gasteiger partial charge in [0.2, 0.25) is 0 Å². The third kappa shape index (κ3) is 15.7. The fourth-order valence-corrected chi connectivity index (χ4v) is 2.63. The molecule has 2 fully saturated rings. The molecule has 0 aromatic carbocycles. The monoisotopic (exact) mass is 550 g/mol. The van der Waals surface area contributed by atoms with Crippen LogP contribution in [0.15, 0.2) is 55.4 Å². The highest BCUT2D eigenvalue weighted by Gasteiger charge is 2.24. The highest BCUT2D eigenvalue weighted by atomic mass is 16.6. The number of aromatic amines is 1. The number of aliphatic hydroxyl groups is 1. The fourth-order valence-electron chi connectivity index (χ4n) is 2.63. The average molecular weight is 551 g/mol. The van der Waals surface area contributed by atoms with Crippen molar-refractivity contribution in [3.05, 3.63) is 55.4 Å². The number of carboxylic acids is 2. The number of carbonyl (C=O) groups is 3. The maximum absolute atomic E-state index is 10.4. The summed E-state index contributed by atoms with van der Waals surface area (Å²) in [4.78, 5) is 30.8. The highest BCUT2D eigenvalue weighted by Crippen LogP contribution is 2.09. The zero-order chi connectivity index (χ0) is 29.0. The van der Waals surface area contributed by atoms with Gasteiger partial charge in [-0.15, -0.1) is 0 Å². The van der Waals surface area contributed by atoms with Crippen LogP contribution in [0.5, 0.6) is 0 Å². The number of aliphatic carboxylic acids is 2. The van der Waals surface area contributed by atoms with Gasteiger partial charge < -0.3 is 24.8 Å². The molecule has 5 heterocycles. The first kappa shape index (κ1) is 33.0. The lowest BCUT2D eigenvalue weighted by Crippen LogP contribution is -2.31. The zero-order valence-electron chi connectivity index (χ0n) is 22.4. The summed E-state index contributed by atoms with van der Waals surface area (Å²) in [7, 11) is 0. The maximum atomic E-state index is 10.4. The Hall–Kier alpha value is -4.04. The van der Waals surface area contributed by atoms with E-state index < -0.39 is 18.2 Å². The topological polar surface area (TPSA) is 195 Å². The predicted octanol–water partition coefficient (Wildman–Crippen LogP) is 1.91. The minimum absolute atomic E-state index is 0.0602. The number of cyclic esters (lactones) is 1. The molecule has 2 aliphatic rings. The molecule has 0 aliphatic carbocycles. The van der Waals surface area contributed by atoms with Gasteiger partial charge in [0.15, 0.2) is 6.29 Å². The van der Waals surface area contributed by atoms with Gasteiger partial charge in [-0.05, 0) is 31.5 Å². The minimum atomic E-state index is -0.791. The van der Waals surface area contributed by atoms with Crippen molar-refractivity contribution in [1.82, 2.24) is 29.8 Å². The van der Waals surface area contributed by atoms with E-state index in [0.29, 0.717) is 19.7 Å². The van der Waals surface area contributed by atoms with Crippen molar-refractivity contribution in [3.63, 3.8) is 0 Å². The molecule has 1 unspecified atom stereocenters. The summed E-state index contributed by atoms with van der Waals surface area (Å²) in [6.45, 7) is 7.39. The molecule has 3 aromatic rings. The second-order valence-electron chi connectivity index (χ2n) is 8.70. The van der Waals surface area contributed by atoms with Crippen LogP contribution < -0.4 is 0 Å². The van der Waals surface area contributed by atoms with Crippen LogP contribution >= 0.6 is 0 Å². The number of carbonyl (C=O) groups excluding carboxylic acids is 1. The smallest absolute Gasteiger partial charge is 0.312 e. The first-order chi connectivity index (χ1) is 18.6. The van der Waals surface area contributed by atoms with Crippen LogP contribution in [0.2, 0.25) is 0 Å². The Labute approximate surface area is 226 Å². The first-order valence-corrected chi connectivity index (χ1v) is 12.4. The third-order valence-electron chi connectivity index (χ3n) is 5.07. The van der Waals surface area contributed by atoms with Crippen LogP contribution in [0.4, 0.5) is 0 Å². The largest absolute Gasteiger partial charge is 0.481 e. The molecule has 3 aromatic heterocycles. The van der Waals surface area contributed by atoms with Crippen molar-refractivity contribution in [2.24, 2.45) is 17.8 Å². The lowest BCUT2D eigenvalue weighted by Gasteiger charge is -2.19. The number of hydrogen-bond donors (Lipinski definition) is 4. The van der Waals surface area contributed by atoms with E-state index >= 15 is 0 Å². The molecule has 0 radical (unpaired) electrons. The molecular weight excluding hydrogens is 512 g/mol. The van der Waals surface area contributed by atoms with E-state index in [0.717, 1.165) is 19.4 Å². The number of esters is 1. The van der Waals surface area contributed by atoms with Crippen molar-refractivity contribution >= 4 is 17.9 Å². The molecule has 2 saturated heterocycles.